The van der Waals surface area contributed by atoms with E-state index in [9.17, 15) is 45.3 Å². The first-order valence-corrected chi connectivity index (χ1v) is 13.4. The Bertz CT molecular complexity index is 1740. The number of aromatic hydroxyl groups is 4. The summed E-state index contributed by atoms with van der Waals surface area (Å²) in [7, 11) is 1.24. The van der Waals surface area contributed by atoms with Crippen molar-refractivity contribution in [3.63, 3.8) is 0 Å². The fourth-order valence-corrected chi connectivity index (χ4v) is 4.58. The summed E-state index contributed by atoms with van der Waals surface area (Å²) in [5.41, 5.74) is 0.0963. The van der Waals surface area contributed by atoms with Crippen LogP contribution in [-0.4, -0.2) is 86.1 Å². The van der Waals surface area contributed by atoms with Crippen molar-refractivity contribution in [3.05, 3.63) is 76.5 Å². The lowest BCUT2D eigenvalue weighted by molar-refractivity contribution is -0.278. The highest BCUT2D eigenvalue weighted by molar-refractivity contribution is 5.87. The number of hydrogen-bond acceptors (Lipinski definition) is 14. The van der Waals surface area contributed by atoms with Crippen molar-refractivity contribution < 1.29 is 63.9 Å². The van der Waals surface area contributed by atoms with Gasteiger partial charge in [-0.05, 0) is 42.0 Å². The number of aliphatic hydroxyl groups is 3. The normalized spacial score (nSPS) is 21.6. The summed E-state index contributed by atoms with van der Waals surface area (Å²) in [5.74, 6) is -3.04. The fraction of sp³-hybridized carbons (Fsp3) is 0.226. The number of phenolic OH excluding ortho intramolecular Hbond substituents is 4. The van der Waals surface area contributed by atoms with Gasteiger partial charge < -0.3 is 59.1 Å². The molecule has 0 aromatic heterocycles. The molecule has 5 atom stereocenters. The molecule has 2 aromatic rings. The van der Waals surface area contributed by atoms with E-state index < -0.39 is 66.0 Å². The van der Waals surface area contributed by atoms with Crippen molar-refractivity contribution in [2.45, 2.75) is 30.7 Å². The third kappa shape index (κ3) is 6.63. The number of carbonyl (C=O) groups is 1. The van der Waals surface area contributed by atoms with E-state index in [1.54, 1.807) is 12.1 Å². The van der Waals surface area contributed by atoms with E-state index in [0.717, 1.165) is 24.3 Å². The molecule has 2 aliphatic heterocycles. The number of esters is 1. The van der Waals surface area contributed by atoms with Crippen LogP contribution in [0.4, 0.5) is 0 Å². The Labute approximate surface area is 254 Å². The van der Waals surface area contributed by atoms with Gasteiger partial charge in [-0.2, -0.15) is 0 Å². The van der Waals surface area contributed by atoms with Crippen LogP contribution >= 0.6 is 0 Å². The zero-order chi connectivity index (χ0) is 32.4. The highest BCUT2D eigenvalue weighted by atomic mass is 16.7. The molecule has 0 saturated carbocycles. The summed E-state index contributed by atoms with van der Waals surface area (Å²) in [6.07, 6.45) is -5.93. The number of rotatable bonds is 8. The Morgan fingerprint density at radius 2 is 1.62 bits per heavy atom. The monoisotopic (exact) mass is 624 g/mol. The number of benzene rings is 3. The van der Waals surface area contributed by atoms with Crippen molar-refractivity contribution in [1.29, 1.82) is 0 Å². The molecule has 0 amide bonds. The van der Waals surface area contributed by atoms with Gasteiger partial charge in [-0.3, -0.25) is 4.79 Å². The van der Waals surface area contributed by atoms with Crippen LogP contribution in [0.2, 0.25) is 0 Å². The number of hydrogen-bond donors (Lipinski definition) is 7. The minimum absolute atomic E-state index is 0.0140. The van der Waals surface area contributed by atoms with Gasteiger partial charge in [0.2, 0.25) is 12.0 Å². The summed E-state index contributed by atoms with van der Waals surface area (Å²) in [5, 5.41) is 71.9. The molecule has 2 heterocycles. The van der Waals surface area contributed by atoms with Crippen LogP contribution in [0.1, 0.15) is 5.56 Å². The second-order valence-corrected chi connectivity index (χ2v) is 10.0. The van der Waals surface area contributed by atoms with Crippen LogP contribution in [0.25, 0.3) is 28.7 Å². The lowest BCUT2D eigenvalue weighted by Gasteiger charge is -2.40. The second kappa shape index (κ2) is 12.8. The topological polar surface area (TPSA) is 226 Å². The minimum Gasteiger partial charge on any atom is -0.508 e. The molecule has 0 bridgehead atoms. The summed E-state index contributed by atoms with van der Waals surface area (Å²) in [4.78, 5) is 24.3. The molecule has 3 aliphatic rings. The Kier molecular flexibility index (Phi) is 8.83. The molecule has 1 aliphatic carbocycles. The van der Waals surface area contributed by atoms with E-state index in [0.29, 0.717) is 5.56 Å². The van der Waals surface area contributed by atoms with Crippen molar-refractivity contribution in [1.82, 2.24) is 0 Å². The fourth-order valence-electron chi connectivity index (χ4n) is 4.58. The van der Waals surface area contributed by atoms with Crippen molar-refractivity contribution in [2.24, 2.45) is 0 Å². The first-order valence-electron chi connectivity index (χ1n) is 13.4. The maximum atomic E-state index is 12.3. The van der Waals surface area contributed by atoms with E-state index in [-0.39, 0.29) is 39.9 Å². The minimum atomic E-state index is -1.84. The van der Waals surface area contributed by atoms with Crippen LogP contribution in [0, 0.1) is 0 Å². The molecule has 45 heavy (non-hydrogen) atoms. The zero-order valence-corrected chi connectivity index (χ0v) is 23.4. The molecular formula is C31H28O14. The highest BCUT2D eigenvalue weighted by Crippen LogP contribution is 2.45. The summed E-state index contributed by atoms with van der Waals surface area (Å²) in [6.45, 7) is -0.561. The van der Waals surface area contributed by atoms with E-state index >= 15 is 0 Å². The third-order valence-electron chi connectivity index (χ3n) is 6.95. The van der Waals surface area contributed by atoms with Crippen molar-refractivity contribution in [3.8, 4) is 57.1 Å². The Morgan fingerprint density at radius 1 is 0.889 bits per heavy atom. The summed E-state index contributed by atoms with van der Waals surface area (Å²) in [6, 6.07) is 11.6. The molecule has 1 fully saturated rings. The van der Waals surface area contributed by atoms with Gasteiger partial charge in [-0.25, -0.2) is 4.79 Å². The Morgan fingerprint density at radius 3 is 2.33 bits per heavy atom. The highest BCUT2D eigenvalue weighted by Gasteiger charge is 2.46. The van der Waals surface area contributed by atoms with Crippen LogP contribution in [0.15, 0.2) is 69.9 Å². The summed E-state index contributed by atoms with van der Waals surface area (Å²) < 4.78 is 27.7. The number of ether oxygens (including phenoxy) is 4. The summed E-state index contributed by atoms with van der Waals surface area (Å²) >= 11 is 0. The standard InChI is InChI=1S/C31H28O14/c1-41-22-9-15(8-20(35)26(22)37)30-23(12-18-19(34)10-17(33)11-21(18)43-30)44-31-29(40)28(39)27(38)24(45-31)13-42-25(36)7-4-14-2-5-16(32)6-3-14/h2-12,24,27-29,31-32,34-35,37-40H,13H2,1H3/t24-,27-,28+,29-,31-/m1/s1. The quantitative estimate of drug-likeness (QED) is 0.0841. The smallest absolute Gasteiger partial charge is 0.330 e. The molecule has 0 spiro atoms. The SMILES string of the molecule is COc1cc(-c2oc3cc(=O)cc(O)c-3cc2O[C@@H]2O[C@H](COC(=O)C=Cc3ccc(O)cc3)[C@@H](O)[C@H](O)[C@H]2O)cc(O)c1O. The van der Waals surface area contributed by atoms with Crippen LogP contribution in [0.5, 0.6) is 34.5 Å². The number of phenols is 4. The van der Waals surface area contributed by atoms with Gasteiger partial charge in [-0.1, -0.05) is 12.1 Å². The first-order chi connectivity index (χ1) is 21.4. The van der Waals surface area contributed by atoms with Gasteiger partial charge in [0, 0.05) is 23.8 Å². The second-order valence-electron chi connectivity index (χ2n) is 10.0. The number of carbonyl (C=O) groups excluding carboxylic acids is 1. The third-order valence-corrected chi connectivity index (χ3v) is 6.95. The predicted octanol–water partition coefficient (Wildman–Crippen LogP) is 1.69. The molecular weight excluding hydrogens is 596 g/mol. The molecule has 236 valence electrons. The van der Waals surface area contributed by atoms with Crippen molar-refractivity contribution in [2.75, 3.05) is 13.7 Å². The molecule has 5 rings (SSSR count). The molecule has 14 nitrogen and oxygen atoms in total. The Hall–Kier alpha value is -5.28. The maximum absolute atomic E-state index is 12.3. The van der Waals surface area contributed by atoms with Gasteiger partial charge in [-0.15, -0.1) is 0 Å². The van der Waals surface area contributed by atoms with E-state index in [1.807, 2.05) is 0 Å². The Balaban J connectivity index is 1.43. The van der Waals surface area contributed by atoms with Gasteiger partial charge in [0.25, 0.3) is 0 Å². The van der Waals surface area contributed by atoms with Gasteiger partial charge in [0.15, 0.2) is 28.4 Å². The lowest BCUT2D eigenvalue weighted by Crippen LogP contribution is -2.60. The number of methoxy groups -OCH3 is 1. The molecule has 2 aromatic carbocycles. The average Bonchev–Trinajstić information content (AvgIpc) is 3.01. The molecule has 0 radical (unpaired) electrons. The number of aliphatic hydroxyl groups excluding tert-OH is 3. The molecule has 0 unspecified atom stereocenters. The van der Waals surface area contributed by atoms with E-state index in [4.69, 9.17) is 23.4 Å². The van der Waals surface area contributed by atoms with E-state index in [2.05, 4.69) is 0 Å². The largest absolute Gasteiger partial charge is 0.508 e. The van der Waals surface area contributed by atoms with Crippen LogP contribution in [-0.2, 0) is 14.3 Å². The van der Waals surface area contributed by atoms with Gasteiger partial charge in [0.05, 0.1) is 12.7 Å². The molecule has 7 N–H and O–H groups in total. The van der Waals surface area contributed by atoms with Gasteiger partial charge in [0.1, 0.15) is 48.3 Å². The van der Waals surface area contributed by atoms with Gasteiger partial charge >= 0.3 is 5.97 Å². The predicted molar refractivity (Wildman–Crippen MR) is 154 cm³/mol. The van der Waals surface area contributed by atoms with E-state index in [1.165, 1.54) is 37.5 Å². The molecule has 1 saturated heterocycles. The average molecular weight is 625 g/mol. The van der Waals surface area contributed by atoms with Crippen molar-refractivity contribution >= 4 is 12.0 Å². The van der Waals surface area contributed by atoms with Crippen LogP contribution in [0.3, 0.4) is 0 Å². The maximum Gasteiger partial charge on any atom is 0.330 e. The van der Waals surface area contributed by atoms with Crippen LogP contribution < -0.4 is 14.9 Å². The lowest BCUT2D eigenvalue weighted by atomic mass is 9.99. The zero-order valence-electron chi connectivity index (χ0n) is 23.4. The molecule has 14 heteroatoms. The first kappa shape index (κ1) is 31.2. The number of fused-ring (bicyclic) bond motifs is 1.